The van der Waals surface area contributed by atoms with E-state index in [-0.39, 0.29) is 23.8 Å². The third-order valence-corrected chi connectivity index (χ3v) is 5.01. The van der Waals surface area contributed by atoms with Gasteiger partial charge in [-0.2, -0.15) is 0 Å². The quantitative estimate of drug-likeness (QED) is 0.878. The van der Waals surface area contributed by atoms with Crippen LogP contribution in [0.25, 0.3) is 0 Å². The maximum absolute atomic E-state index is 12.2. The van der Waals surface area contributed by atoms with Crippen molar-refractivity contribution in [2.24, 2.45) is 17.6 Å². The van der Waals surface area contributed by atoms with Crippen molar-refractivity contribution < 1.29 is 4.79 Å². The number of amides is 1. The summed E-state index contributed by atoms with van der Waals surface area (Å²) in [5.41, 5.74) is 6.81. The van der Waals surface area contributed by atoms with Gasteiger partial charge in [0.15, 0.2) is 0 Å². The largest absolute Gasteiger partial charge is 0.352 e. The Bertz CT molecular complexity index is 531. The lowest BCUT2D eigenvalue weighted by Crippen LogP contribution is -2.42. The number of rotatable bonds is 5. The van der Waals surface area contributed by atoms with Gasteiger partial charge in [0.05, 0.1) is 10.0 Å². The molecule has 2 fully saturated rings. The van der Waals surface area contributed by atoms with Gasteiger partial charge in [-0.05, 0) is 48.8 Å². The molecule has 1 aromatic carbocycles. The van der Waals surface area contributed by atoms with Gasteiger partial charge in [0.25, 0.3) is 0 Å². The van der Waals surface area contributed by atoms with Gasteiger partial charge in [0.1, 0.15) is 0 Å². The topological polar surface area (TPSA) is 55.1 Å². The number of carbonyl (C=O) groups is 1. The monoisotopic (exact) mass is 312 g/mol. The van der Waals surface area contributed by atoms with E-state index in [2.05, 4.69) is 5.32 Å². The van der Waals surface area contributed by atoms with E-state index >= 15 is 0 Å². The highest BCUT2D eigenvalue weighted by Crippen LogP contribution is 2.48. The molecule has 3 N–H and O–H groups in total. The zero-order valence-electron chi connectivity index (χ0n) is 11.1. The van der Waals surface area contributed by atoms with E-state index in [0.29, 0.717) is 22.5 Å². The number of halogens is 2. The van der Waals surface area contributed by atoms with E-state index in [1.165, 1.54) is 12.8 Å². The number of nitrogens with one attached hydrogen (secondary N) is 1. The predicted molar refractivity (Wildman–Crippen MR) is 81.0 cm³/mol. The number of hydrogen-bond donors (Lipinski definition) is 2. The molecule has 5 heteroatoms. The van der Waals surface area contributed by atoms with Gasteiger partial charge in [0.2, 0.25) is 5.91 Å². The standard InChI is InChI=1S/C15H18Cl2N2O/c16-12-4-3-9(5-13(12)17)10-6-11(10)15(20)19-14(7-18)8-1-2-8/h3-5,8,10-11,14H,1-2,6-7,18H2,(H,19,20). The Labute approximate surface area is 128 Å². The molecule has 1 aromatic rings. The minimum absolute atomic E-state index is 0.0556. The molecule has 0 aliphatic heterocycles. The van der Waals surface area contributed by atoms with E-state index < -0.39 is 0 Å². The minimum Gasteiger partial charge on any atom is -0.352 e. The van der Waals surface area contributed by atoms with Crippen LogP contribution in [0.5, 0.6) is 0 Å². The Hall–Kier alpha value is -0.770. The Morgan fingerprint density at radius 1 is 1.35 bits per heavy atom. The van der Waals surface area contributed by atoms with Crippen molar-refractivity contribution in [3.05, 3.63) is 33.8 Å². The van der Waals surface area contributed by atoms with Crippen LogP contribution in [0.3, 0.4) is 0 Å². The third-order valence-electron chi connectivity index (χ3n) is 4.27. The van der Waals surface area contributed by atoms with Crippen LogP contribution >= 0.6 is 23.2 Å². The van der Waals surface area contributed by atoms with Crippen LogP contribution in [0.1, 0.15) is 30.7 Å². The van der Waals surface area contributed by atoms with Crippen LogP contribution in [0, 0.1) is 11.8 Å². The fraction of sp³-hybridized carbons (Fsp3) is 0.533. The average molecular weight is 313 g/mol. The molecule has 3 atom stereocenters. The van der Waals surface area contributed by atoms with Crippen molar-refractivity contribution in [1.82, 2.24) is 5.32 Å². The van der Waals surface area contributed by atoms with Gasteiger partial charge in [-0.1, -0.05) is 29.3 Å². The summed E-state index contributed by atoms with van der Waals surface area (Å²) < 4.78 is 0. The second-order valence-electron chi connectivity index (χ2n) is 5.81. The third kappa shape index (κ3) is 2.95. The number of carbonyl (C=O) groups excluding carboxylic acids is 1. The van der Waals surface area contributed by atoms with Crippen LogP contribution in [-0.4, -0.2) is 18.5 Å². The van der Waals surface area contributed by atoms with E-state index in [1.807, 2.05) is 12.1 Å². The molecule has 2 saturated carbocycles. The van der Waals surface area contributed by atoms with Gasteiger partial charge in [0, 0.05) is 18.5 Å². The molecular weight excluding hydrogens is 295 g/mol. The lowest BCUT2D eigenvalue weighted by atomic mass is 10.1. The number of benzene rings is 1. The second-order valence-corrected chi connectivity index (χ2v) is 6.62. The highest BCUT2D eigenvalue weighted by molar-refractivity contribution is 6.42. The first-order valence-electron chi connectivity index (χ1n) is 7.05. The Morgan fingerprint density at radius 2 is 2.10 bits per heavy atom. The summed E-state index contributed by atoms with van der Waals surface area (Å²) in [6.45, 7) is 0.528. The smallest absolute Gasteiger partial charge is 0.224 e. The van der Waals surface area contributed by atoms with Gasteiger partial charge >= 0.3 is 0 Å². The SMILES string of the molecule is NCC(NC(=O)C1CC1c1ccc(Cl)c(Cl)c1)C1CC1. The molecule has 3 rings (SSSR count). The first-order chi connectivity index (χ1) is 9.60. The zero-order chi connectivity index (χ0) is 14.3. The maximum atomic E-state index is 12.2. The van der Waals surface area contributed by atoms with Gasteiger partial charge < -0.3 is 11.1 Å². The molecule has 2 aliphatic rings. The number of hydrogen-bond acceptors (Lipinski definition) is 2. The minimum atomic E-state index is 0.0556. The molecule has 0 spiro atoms. The van der Waals surface area contributed by atoms with E-state index in [9.17, 15) is 4.79 Å². The van der Waals surface area contributed by atoms with E-state index in [0.717, 1.165) is 12.0 Å². The molecule has 3 unspecified atom stereocenters. The van der Waals surface area contributed by atoms with Gasteiger partial charge in [-0.3, -0.25) is 4.79 Å². The first-order valence-corrected chi connectivity index (χ1v) is 7.81. The zero-order valence-corrected chi connectivity index (χ0v) is 12.6. The summed E-state index contributed by atoms with van der Waals surface area (Å²) in [6, 6.07) is 5.76. The molecule has 2 aliphatic carbocycles. The van der Waals surface area contributed by atoms with Crippen molar-refractivity contribution >= 4 is 29.1 Å². The molecule has 20 heavy (non-hydrogen) atoms. The average Bonchev–Trinajstić information content (AvgIpc) is 3.29. The van der Waals surface area contributed by atoms with E-state index in [1.54, 1.807) is 6.07 Å². The van der Waals surface area contributed by atoms with Crippen LogP contribution in [-0.2, 0) is 4.79 Å². The molecule has 0 bridgehead atoms. The molecule has 0 saturated heterocycles. The summed E-state index contributed by atoms with van der Waals surface area (Å²) in [5.74, 6) is 1.04. The summed E-state index contributed by atoms with van der Waals surface area (Å²) in [6.07, 6.45) is 3.25. The molecule has 3 nitrogen and oxygen atoms in total. The molecule has 108 valence electrons. The normalized spacial score (nSPS) is 26.1. The van der Waals surface area contributed by atoms with Crippen LogP contribution < -0.4 is 11.1 Å². The van der Waals surface area contributed by atoms with Gasteiger partial charge in [-0.15, -0.1) is 0 Å². The fourth-order valence-corrected chi connectivity index (χ4v) is 3.06. The van der Waals surface area contributed by atoms with Crippen LogP contribution in [0.15, 0.2) is 18.2 Å². The molecule has 1 amide bonds. The Balaban J connectivity index is 1.60. The Morgan fingerprint density at radius 3 is 2.70 bits per heavy atom. The maximum Gasteiger partial charge on any atom is 0.224 e. The van der Waals surface area contributed by atoms with Gasteiger partial charge in [-0.25, -0.2) is 0 Å². The highest BCUT2D eigenvalue weighted by Gasteiger charge is 2.45. The van der Waals surface area contributed by atoms with Crippen molar-refractivity contribution in [1.29, 1.82) is 0 Å². The molecule has 0 radical (unpaired) electrons. The second kappa shape index (κ2) is 5.55. The lowest BCUT2D eigenvalue weighted by Gasteiger charge is -2.16. The Kier molecular flexibility index (Phi) is 3.93. The molecular formula is C15H18Cl2N2O. The van der Waals surface area contributed by atoms with Crippen molar-refractivity contribution in [3.8, 4) is 0 Å². The van der Waals surface area contributed by atoms with Crippen molar-refractivity contribution in [3.63, 3.8) is 0 Å². The summed E-state index contributed by atoms with van der Waals surface area (Å²) >= 11 is 11.9. The highest BCUT2D eigenvalue weighted by atomic mass is 35.5. The van der Waals surface area contributed by atoms with Crippen molar-refractivity contribution in [2.45, 2.75) is 31.2 Å². The molecule has 0 heterocycles. The summed E-state index contributed by atoms with van der Waals surface area (Å²) in [7, 11) is 0. The van der Waals surface area contributed by atoms with Crippen LogP contribution in [0.2, 0.25) is 10.0 Å². The van der Waals surface area contributed by atoms with Crippen LogP contribution in [0.4, 0.5) is 0 Å². The molecule has 0 aromatic heterocycles. The predicted octanol–water partition coefficient (Wildman–Crippen LogP) is 2.95. The van der Waals surface area contributed by atoms with Crippen molar-refractivity contribution in [2.75, 3.05) is 6.54 Å². The first kappa shape index (κ1) is 14.2. The summed E-state index contributed by atoms with van der Waals surface area (Å²) in [5, 5.41) is 4.19. The van der Waals surface area contributed by atoms with E-state index in [4.69, 9.17) is 28.9 Å². The number of nitrogens with two attached hydrogens (primary N) is 1. The fourth-order valence-electron chi connectivity index (χ4n) is 2.75. The summed E-state index contributed by atoms with van der Waals surface area (Å²) in [4.78, 5) is 12.2. The lowest BCUT2D eigenvalue weighted by molar-refractivity contribution is -0.123.